The number of nitrogens with one attached hydrogen (secondary N) is 1. The van der Waals surface area contributed by atoms with Gasteiger partial charge >= 0.3 is 0 Å². The number of halogens is 2. The molecule has 0 radical (unpaired) electrons. The summed E-state index contributed by atoms with van der Waals surface area (Å²) >= 11 is 10.5. The van der Waals surface area contributed by atoms with E-state index in [0.717, 1.165) is 0 Å². The molecule has 0 unspecified atom stereocenters. The molecular formula is C14H10BrClN2O2S. The smallest absolute Gasteiger partial charge is 0.265 e. The van der Waals surface area contributed by atoms with Crippen LogP contribution in [0.4, 0.5) is 5.00 Å². The molecule has 0 bridgehead atoms. The maximum atomic E-state index is 12.1. The first-order valence-electron chi connectivity index (χ1n) is 5.91. The molecule has 108 valence electrons. The Morgan fingerprint density at radius 1 is 1.52 bits per heavy atom. The first-order chi connectivity index (χ1) is 10.0. The molecule has 4 nitrogen and oxygen atoms in total. The molecule has 0 aliphatic carbocycles. The van der Waals surface area contributed by atoms with Crippen LogP contribution >= 0.6 is 38.9 Å². The first kappa shape index (κ1) is 15.8. The molecule has 0 spiro atoms. The summed E-state index contributed by atoms with van der Waals surface area (Å²) in [5.74, 6) is 0.199. The second-order valence-electron chi connectivity index (χ2n) is 4.10. The molecule has 0 aliphatic rings. The van der Waals surface area contributed by atoms with Crippen LogP contribution in [0.1, 0.15) is 12.5 Å². The monoisotopic (exact) mass is 384 g/mol. The maximum absolute atomic E-state index is 12.1. The average molecular weight is 386 g/mol. The van der Waals surface area contributed by atoms with E-state index < -0.39 is 6.10 Å². The number of hydrogen-bond acceptors (Lipinski definition) is 4. The molecule has 0 aliphatic heterocycles. The highest BCUT2D eigenvalue weighted by molar-refractivity contribution is 9.10. The van der Waals surface area contributed by atoms with Gasteiger partial charge in [-0.2, -0.15) is 5.26 Å². The molecule has 0 saturated heterocycles. The van der Waals surface area contributed by atoms with Crippen LogP contribution in [0.3, 0.4) is 0 Å². The van der Waals surface area contributed by atoms with Crippen LogP contribution < -0.4 is 10.1 Å². The summed E-state index contributed by atoms with van der Waals surface area (Å²) in [6, 6.07) is 8.72. The Morgan fingerprint density at radius 2 is 2.29 bits per heavy atom. The number of nitrogens with zero attached hydrogens (tertiary/aromatic N) is 1. The molecule has 1 aromatic carbocycles. The predicted molar refractivity (Wildman–Crippen MR) is 86.9 cm³/mol. The van der Waals surface area contributed by atoms with Crippen LogP contribution in [0.2, 0.25) is 5.02 Å². The van der Waals surface area contributed by atoms with Crippen LogP contribution in [0, 0.1) is 11.3 Å². The first-order valence-corrected chi connectivity index (χ1v) is 7.96. The highest BCUT2D eigenvalue weighted by Gasteiger charge is 2.18. The van der Waals surface area contributed by atoms with Crippen LogP contribution in [0.25, 0.3) is 0 Å². The number of ether oxygens (including phenoxy) is 1. The molecule has 21 heavy (non-hydrogen) atoms. The Hall–Kier alpha value is -1.55. The SMILES string of the molecule is C[C@@H](Oc1ccc(Cl)cc1Br)C(=O)Nc1sccc1C#N. The Bertz CT molecular complexity index is 711. The highest BCUT2D eigenvalue weighted by Crippen LogP contribution is 2.29. The van der Waals surface area contributed by atoms with E-state index in [1.54, 1.807) is 36.6 Å². The van der Waals surface area contributed by atoms with E-state index in [1.807, 2.05) is 6.07 Å². The van der Waals surface area contributed by atoms with E-state index >= 15 is 0 Å². The zero-order chi connectivity index (χ0) is 15.4. The van der Waals surface area contributed by atoms with E-state index in [-0.39, 0.29) is 5.91 Å². The minimum absolute atomic E-state index is 0.323. The van der Waals surface area contributed by atoms with E-state index in [0.29, 0.717) is 25.8 Å². The van der Waals surface area contributed by atoms with E-state index in [1.165, 1.54) is 11.3 Å². The third kappa shape index (κ3) is 3.97. The standard InChI is InChI=1S/C14H10BrClN2O2S/c1-8(20-12-3-2-10(16)6-11(12)15)13(19)18-14-9(7-17)4-5-21-14/h2-6,8H,1H3,(H,18,19)/t8-/m1/s1. The van der Waals surface area contributed by atoms with Gasteiger partial charge in [0.25, 0.3) is 5.91 Å². The summed E-state index contributed by atoms with van der Waals surface area (Å²) in [6.45, 7) is 1.63. The lowest BCUT2D eigenvalue weighted by Crippen LogP contribution is -2.30. The summed E-state index contributed by atoms with van der Waals surface area (Å²) in [7, 11) is 0. The van der Waals surface area contributed by atoms with Gasteiger partial charge in [0.1, 0.15) is 16.8 Å². The predicted octanol–water partition coefficient (Wildman–Crippen LogP) is 4.44. The molecule has 7 heteroatoms. The van der Waals surface area contributed by atoms with Gasteiger partial charge in [-0.05, 0) is 52.5 Å². The molecule has 2 aromatic rings. The van der Waals surface area contributed by atoms with E-state index in [9.17, 15) is 4.79 Å². The Morgan fingerprint density at radius 3 is 2.95 bits per heavy atom. The van der Waals surface area contributed by atoms with Gasteiger partial charge in [-0.25, -0.2) is 0 Å². The largest absolute Gasteiger partial charge is 0.480 e. The van der Waals surface area contributed by atoms with Crippen molar-refractivity contribution in [2.75, 3.05) is 5.32 Å². The molecule has 0 fully saturated rings. The lowest BCUT2D eigenvalue weighted by Gasteiger charge is -2.15. The van der Waals surface area contributed by atoms with Gasteiger partial charge in [-0.15, -0.1) is 11.3 Å². The molecule has 1 N–H and O–H groups in total. The second kappa shape index (κ2) is 6.94. The van der Waals surface area contributed by atoms with Crippen LogP contribution in [-0.4, -0.2) is 12.0 Å². The minimum atomic E-state index is -0.712. The summed E-state index contributed by atoms with van der Waals surface area (Å²) in [6.07, 6.45) is -0.712. The van der Waals surface area contributed by atoms with E-state index in [4.69, 9.17) is 21.6 Å². The van der Waals surface area contributed by atoms with Crippen molar-refractivity contribution in [2.24, 2.45) is 0 Å². The highest BCUT2D eigenvalue weighted by atomic mass is 79.9. The molecule has 1 aromatic heterocycles. The second-order valence-corrected chi connectivity index (χ2v) is 6.31. The fraction of sp³-hybridized carbons (Fsp3) is 0.143. The van der Waals surface area contributed by atoms with Crippen molar-refractivity contribution in [3.8, 4) is 11.8 Å². The van der Waals surface area contributed by atoms with Crippen molar-refractivity contribution >= 4 is 49.8 Å². The molecule has 1 amide bonds. The zero-order valence-electron chi connectivity index (χ0n) is 10.9. The van der Waals surface area contributed by atoms with Gasteiger partial charge in [0.05, 0.1) is 10.0 Å². The van der Waals surface area contributed by atoms with Crippen LogP contribution in [-0.2, 0) is 4.79 Å². The van der Waals surface area contributed by atoms with Crippen molar-refractivity contribution < 1.29 is 9.53 Å². The van der Waals surface area contributed by atoms with E-state index in [2.05, 4.69) is 21.2 Å². The number of amides is 1. The van der Waals surface area contributed by atoms with Gasteiger partial charge in [-0.1, -0.05) is 11.6 Å². The van der Waals surface area contributed by atoms with Gasteiger partial charge in [0, 0.05) is 5.02 Å². The lowest BCUT2D eigenvalue weighted by atomic mass is 10.3. The summed E-state index contributed by atoms with van der Waals surface area (Å²) < 4.78 is 6.26. The van der Waals surface area contributed by atoms with Gasteiger partial charge in [-0.3, -0.25) is 4.79 Å². The van der Waals surface area contributed by atoms with Crippen molar-refractivity contribution in [1.29, 1.82) is 5.26 Å². The quantitative estimate of drug-likeness (QED) is 0.846. The Labute approximate surface area is 139 Å². The molecule has 2 rings (SSSR count). The van der Waals surface area contributed by atoms with Gasteiger partial charge in [0.2, 0.25) is 0 Å². The maximum Gasteiger partial charge on any atom is 0.265 e. The normalized spacial score (nSPS) is 11.5. The van der Waals surface area contributed by atoms with Crippen LogP contribution in [0.15, 0.2) is 34.1 Å². The van der Waals surface area contributed by atoms with Crippen molar-refractivity contribution in [3.05, 3.63) is 44.7 Å². The number of carbonyl (C=O) groups excluding carboxylic acids is 1. The fourth-order valence-electron chi connectivity index (χ4n) is 1.52. The number of thiophene rings is 1. The third-order valence-electron chi connectivity index (χ3n) is 2.59. The molecule has 1 heterocycles. The van der Waals surface area contributed by atoms with Gasteiger partial charge in [0.15, 0.2) is 6.10 Å². The summed E-state index contributed by atoms with van der Waals surface area (Å²) in [5.41, 5.74) is 0.438. The number of nitriles is 1. The molecule has 0 saturated carbocycles. The Kier molecular flexibility index (Phi) is 5.23. The Balaban J connectivity index is 2.05. The average Bonchev–Trinajstić information content (AvgIpc) is 2.89. The summed E-state index contributed by atoms with van der Waals surface area (Å²) in [4.78, 5) is 12.1. The number of benzene rings is 1. The number of anilines is 1. The number of rotatable bonds is 4. The lowest BCUT2D eigenvalue weighted by molar-refractivity contribution is -0.122. The number of hydrogen-bond donors (Lipinski definition) is 1. The van der Waals surface area contributed by atoms with Crippen molar-refractivity contribution in [1.82, 2.24) is 0 Å². The van der Waals surface area contributed by atoms with Gasteiger partial charge < -0.3 is 10.1 Å². The summed E-state index contributed by atoms with van der Waals surface area (Å²) in [5, 5.41) is 14.4. The molecular weight excluding hydrogens is 376 g/mol. The third-order valence-corrected chi connectivity index (χ3v) is 4.27. The minimum Gasteiger partial charge on any atom is -0.480 e. The fourth-order valence-corrected chi connectivity index (χ4v) is 3.04. The zero-order valence-corrected chi connectivity index (χ0v) is 14.1. The van der Waals surface area contributed by atoms with Crippen molar-refractivity contribution in [3.63, 3.8) is 0 Å². The van der Waals surface area contributed by atoms with Crippen molar-refractivity contribution in [2.45, 2.75) is 13.0 Å². The number of carbonyl (C=O) groups is 1. The molecule has 1 atom stereocenters. The topological polar surface area (TPSA) is 62.1 Å². The van der Waals surface area contributed by atoms with Crippen LogP contribution in [0.5, 0.6) is 5.75 Å².